The minimum atomic E-state index is 0.170. The predicted octanol–water partition coefficient (Wildman–Crippen LogP) is 4.15. The van der Waals surface area contributed by atoms with Crippen LogP contribution in [0.2, 0.25) is 0 Å². The molecular weight excluding hydrogens is 252 g/mol. The fourth-order valence-electron chi connectivity index (χ4n) is 2.09. The van der Waals surface area contributed by atoms with Crippen LogP contribution < -0.4 is 5.32 Å². The molecule has 1 atom stereocenters. The Morgan fingerprint density at radius 3 is 2.47 bits per heavy atom. The number of rotatable bonds is 6. The highest BCUT2D eigenvalue weighted by Gasteiger charge is 2.29. The summed E-state index contributed by atoms with van der Waals surface area (Å²) in [6.45, 7) is 12.5. The number of nitrogens with one attached hydrogen (secondary N) is 1. The van der Waals surface area contributed by atoms with E-state index >= 15 is 0 Å². The topological polar surface area (TPSA) is 24.9 Å². The molecule has 0 aromatic carbocycles. The maximum absolute atomic E-state index is 4.85. The molecule has 1 aliphatic rings. The molecule has 1 N–H and O–H groups in total. The summed E-state index contributed by atoms with van der Waals surface area (Å²) < 4.78 is 0. The van der Waals surface area contributed by atoms with Crippen molar-refractivity contribution in [2.75, 3.05) is 6.54 Å². The van der Waals surface area contributed by atoms with Gasteiger partial charge >= 0.3 is 0 Å². The first kappa shape index (κ1) is 15.0. The lowest BCUT2D eigenvalue weighted by molar-refractivity contribution is 0.288. The highest BCUT2D eigenvalue weighted by atomic mass is 32.1. The van der Waals surface area contributed by atoms with Crippen molar-refractivity contribution in [3.05, 3.63) is 16.1 Å². The first-order valence-corrected chi connectivity index (χ1v) is 8.39. The van der Waals surface area contributed by atoms with E-state index in [4.69, 9.17) is 4.98 Å². The molecule has 1 saturated carbocycles. The van der Waals surface area contributed by atoms with E-state index in [1.165, 1.54) is 30.0 Å². The zero-order valence-electron chi connectivity index (χ0n) is 13.0. The summed E-state index contributed by atoms with van der Waals surface area (Å²) in [6.07, 6.45) is 5.04. The lowest BCUT2D eigenvalue weighted by Crippen LogP contribution is -2.34. The Morgan fingerprint density at radius 1 is 1.32 bits per heavy atom. The van der Waals surface area contributed by atoms with E-state index < -0.39 is 0 Å². The number of aromatic nitrogens is 1. The second-order valence-corrected chi connectivity index (χ2v) is 8.32. The van der Waals surface area contributed by atoms with Crippen LogP contribution in [0.5, 0.6) is 0 Å². The maximum Gasteiger partial charge on any atom is 0.0934 e. The fraction of sp³-hybridized carbons (Fsp3) is 0.812. The van der Waals surface area contributed by atoms with Gasteiger partial charge in [0.2, 0.25) is 0 Å². The van der Waals surface area contributed by atoms with Crippen molar-refractivity contribution in [2.45, 2.75) is 71.8 Å². The SMILES string of the molecule is CCC(C)(CNC1CC1)Cc1nc(C(C)(C)C)cs1. The van der Waals surface area contributed by atoms with Gasteiger partial charge in [0.15, 0.2) is 0 Å². The number of hydrogen-bond acceptors (Lipinski definition) is 3. The Balaban J connectivity index is 1.98. The molecule has 1 fully saturated rings. The summed E-state index contributed by atoms with van der Waals surface area (Å²) in [4.78, 5) is 4.85. The first-order valence-electron chi connectivity index (χ1n) is 7.51. The quantitative estimate of drug-likeness (QED) is 0.846. The Labute approximate surface area is 122 Å². The zero-order valence-corrected chi connectivity index (χ0v) is 13.9. The summed E-state index contributed by atoms with van der Waals surface area (Å²) in [7, 11) is 0. The van der Waals surface area contributed by atoms with Gasteiger partial charge in [0.1, 0.15) is 0 Å². The van der Waals surface area contributed by atoms with Crippen LogP contribution in [-0.4, -0.2) is 17.6 Å². The smallest absolute Gasteiger partial charge is 0.0934 e. The molecular formula is C16H28N2S. The highest BCUT2D eigenvalue weighted by Crippen LogP contribution is 2.31. The molecule has 0 saturated heterocycles. The standard InChI is InChI=1S/C16H28N2S/c1-6-16(5,11-17-12-7-8-12)9-14-18-13(10-19-14)15(2,3)4/h10,12,17H,6-9,11H2,1-5H3. The maximum atomic E-state index is 4.85. The average Bonchev–Trinajstić information content (AvgIpc) is 3.04. The first-order chi connectivity index (χ1) is 8.82. The number of nitrogens with zero attached hydrogens (tertiary/aromatic N) is 1. The Morgan fingerprint density at radius 2 is 2.00 bits per heavy atom. The molecule has 0 aliphatic heterocycles. The monoisotopic (exact) mass is 280 g/mol. The molecule has 1 aromatic heterocycles. The zero-order chi connectivity index (χ0) is 14.1. The van der Waals surface area contributed by atoms with E-state index in [1.54, 1.807) is 0 Å². The van der Waals surface area contributed by atoms with Gasteiger partial charge < -0.3 is 5.32 Å². The van der Waals surface area contributed by atoms with Gasteiger partial charge in [-0.1, -0.05) is 34.6 Å². The van der Waals surface area contributed by atoms with Crippen molar-refractivity contribution < 1.29 is 0 Å². The van der Waals surface area contributed by atoms with Crippen LogP contribution in [0.4, 0.5) is 0 Å². The molecule has 1 aliphatic carbocycles. The Hall–Kier alpha value is -0.410. The van der Waals surface area contributed by atoms with Crippen LogP contribution in [0.1, 0.15) is 64.6 Å². The summed E-state index contributed by atoms with van der Waals surface area (Å²) in [6, 6.07) is 0.798. The molecule has 1 aromatic rings. The van der Waals surface area contributed by atoms with Crippen LogP contribution >= 0.6 is 11.3 Å². The molecule has 3 heteroatoms. The van der Waals surface area contributed by atoms with Gasteiger partial charge in [-0.2, -0.15) is 0 Å². The lowest BCUT2D eigenvalue weighted by Gasteiger charge is -2.28. The molecule has 19 heavy (non-hydrogen) atoms. The molecule has 2 rings (SSSR count). The largest absolute Gasteiger partial charge is 0.313 e. The minimum absolute atomic E-state index is 0.170. The molecule has 1 unspecified atom stereocenters. The van der Waals surface area contributed by atoms with E-state index in [2.05, 4.69) is 45.3 Å². The average molecular weight is 280 g/mol. The van der Waals surface area contributed by atoms with Gasteiger partial charge in [-0.05, 0) is 24.7 Å². The van der Waals surface area contributed by atoms with Crippen molar-refractivity contribution in [2.24, 2.45) is 5.41 Å². The van der Waals surface area contributed by atoms with E-state index in [1.807, 2.05) is 11.3 Å². The summed E-state index contributed by atoms with van der Waals surface area (Å²) in [5, 5.41) is 7.22. The molecule has 108 valence electrons. The van der Waals surface area contributed by atoms with E-state index in [0.29, 0.717) is 5.41 Å². The third-order valence-corrected chi connectivity index (χ3v) is 5.00. The fourth-order valence-corrected chi connectivity index (χ4v) is 3.33. The van der Waals surface area contributed by atoms with Crippen molar-refractivity contribution in [3.8, 4) is 0 Å². The van der Waals surface area contributed by atoms with Crippen LogP contribution in [0, 0.1) is 5.41 Å². The van der Waals surface area contributed by atoms with Gasteiger partial charge in [0.05, 0.1) is 10.7 Å². The Kier molecular flexibility index (Phi) is 4.36. The molecule has 0 bridgehead atoms. The van der Waals surface area contributed by atoms with Crippen LogP contribution in [0.15, 0.2) is 5.38 Å². The molecule has 1 heterocycles. The second kappa shape index (κ2) is 5.53. The summed E-state index contributed by atoms with van der Waals surface area (Å²) >= 11 is 1.83. The van der Waals surface area contributed by atoms with Gasteiger partial charge in [-0.3, -0.25) is 0 Å². The second-order valence-electron chi connectivity index (χ2n) is 7.37. The van der Waals surface area contributed by atoms with Crippen molar-refractivity contribution in [3.63, 3.8) is 0 Å². The number of hydrogen-bond donors (Lipinski definition) is 1. The molecule has 0 amide bonds. The molecule has 0 spiro atoms. The normalized spacial score (nSPS) is 19.4. The van der Waals surface area contributed by atoms with Crippen molar-refractivity contribution >= 4 is 11.3 Å². The summed E-state index contributed by atoms with van der Waals surface area (Å²) in [5.74, 6) is 0. The van der Waals surface area contributed by atoms with Gasteiger partial charge in [-0.25, -0.2) is 4.98 Å². The Bertz CT molecular complexity index is 415. The summed E-state index contributed by atoms with van der Waals surface area (Å²) in [5.41, 5.74) is 1.75. The third-order valence-electron chi connectivity index (χ3n) is 4.15. The van der Waals surface area contributed by atoms with Gasteiger partial charge in [0, 0.05) is 29.8 Å². The van der Waals surface area contributed by atoms with Crippen LogP contribution in [0.3, 0.4) is 0 Å². The van der Waals surface area contributed by atoms with Crippen LogP contribution in [-0.2, 0) is 11.8 Å². The van der Waals surface area contributed by atoms with E-state index in [9.17, 15) is 0 Å². The van der Waals surface area contributed by atoms with Crippen molar-refractivity contribution in [1.82, 2.24) is 10.3 Å². The van der Waals surface area contributed by atoms with E-state index in [0.717, 1.165) is 19.0 Å². The third kappa shape index (κ3) is 4.28. The lowest BCUT2D eigenvalue weighted by atomic mass is 9.84. The predicted molar refractivity (Wildman–Crippen MR) is 83.9 cm³/mol. The molecule has 0 radical (unpaired) electrons. The molecule has 2 nitrogen and oxygen atoms in total. The number of thiazole rings is 1. The highest BCUT2D eigenvalue weighted by molar-refractivity contribution is 7.09. The van der Waals surface area contributed by atoms with Gasteiger partial charge in [0.25, 0.3) is 0 Å². The van der Waals surface area contributed by atoms with Crippen LogP contribution in [0.25, 0.3) is 0 Å². The van der Waals surface area contributed by atoms with E-state index in [-0.39, 0.29) is 5.41 Å². The minimum Gasteiger partial charge on any atom is -0.313 e. The van der Waals surface area contributed by atoms with Crippen molar-refractivity contribution in [1.29, 1.82) is 0 Å². The van der Waals surface area contributed by atoms with Gasteiger partial charge in [-0.15, -0.1) is 11.3 Å².